The van der Waals surface area contributed by atoms with Crippen LogP contribution in [0.25, 0.3) is 0 Å². The van der Waals surface area contributed by atoms with Gasteiger partial charge in [0.1, 0.15) is 6.17 Å². The van der Waals surface area contributed by atoms with E-state index >= 15 is 0 Å². The highest BCUT2D eigenvalue weighted by Crippen LogP contribution is 1.94. The fourth-order valence-corrected chi connectivity index (χ4v) is 1.01. The molecule has 0 aromatic carbocycles. The summed E-state index contributed by atoms with van der Waals surface area (Å²) in [5.41, 5.74) is 0. The van der Waals surface area contributed by atoms with Crippen molar-refractivity contribution in [2.24, 2.45) is 5.92 Å². The van der Waals surface area contributed by atoms with Crippen molar-refractivity contribution < 1.29 is 13.9 Å². The molecule has 0 fully saturated rings. The summed E-state index contributed by atoms with van der Waals surface area (Å²) in [6, 6.07) is 0. The molecule has 1 amide bonds. The maximum absolute atomic E-state index is 13.2. The normalized spacial score (nSPS) is 12.8. The Balaban J connectivity index is 3.37. The second kappa shape index (κ2) is 9.54. The van der Waals surface area contributed by atoms with Crippen molar-refractivity contribution in [1.82, 2.24) is 10.6 Å². The molecule has 0 spiro atoms. The zero-order chi connectivity index (χ0) is 12.4. The van der Waals surface area contributed by atoms with Gasteiger partial charge in [-0.25, -0.2) is 4.39 Å². The van der Waals surface area contributed by atoms with E-state index < -0.39 is 6.17 Å². The van der Waals surface area contributed by atoms with Crippen LogP contribution in [0.2, 0.25) is 0 Å². The molecule has 0 aliphatic carbocycles. The van der Waals surface area contributed by atoms with Gasteiger partial charge in [-0.1, -0.05) is 20.8 Å². The molecule has 2 N–H and O–H groups in total. The van der Waals surface area contributed by atoms with Crippen LogP contribution in [0.5, 0.6) is 0 Å². The summed E-state index contributed by atoms with van der Waals surface area (Å²) in [5, 5.41) is 5.59. The second-order valence-electron chi connectivity index (χ2n) is 3.93. The molecule has 0 saturated heterocycles. The van der Waals surface area contributed by atoms with Gasteiger partial charge < -0.3 is 15.4 Å². The van der Waals surface area contributed by atoms with Gasteiger partial charge in [-0.15, -0.1) is 0 Å². The number of rotatable bonds is 9. The summed E-state index contributed by atoms with van der Waals surface area (Å²) >= 11 is 0. The predicted molar refractivity (Wildman–Crippen MR) is 62.1 cm³/mol. The van der Waals surface area contributed by atoms with E-state index in [1.807, 2.05) is 6.92 Å². The number of carbonyl (C=O) groups is 1. The Morgan fingerprint density at radius 2 is 2.12 bits per heavy atom. The quantitative estimate of drug-likeness (QED) is 0.578. The molecule has 0 bridgehead atoms. The van der Waals surface area contributed by atoms with Crippen molar-refractivity contribution in [2.45, 2.75) is 26.9 Å². The lowest BCUT2D eigenvalue weighted by atomic mass is 10.2. The monoisotopic (exact) mass is 234 g/mol. The van der Waals surface area contributed by atoms with Crippen LogP contribution >= 0.6 is 0 Å². The van der Waals surface area contributed by atoms with Crippen LogP contribution in [0.3, 0.4) is 0 Å². The van der Waals surface area contributed by atoms with E-state index in [0.29, 0.717) is 6.61 Å². The first-order valence-corrected chi connectivity index (χ1v) is 5.78. The summed E-state index contributed by atoms with van der Waals surface area (Å²) in [5.74, 6) is -0.239. The third-order valence-corrected chi connectivity index (χ3v) is 1.99. The van der Waals surface area contributed by atoms with Crippen molar-refractivity contribution in [1.29, 1.82) is 0 Å². The van der Waals surface area contributed by atoms with E-state index in [1.165, 1.54) is 0 Å². The third-order valence-electron chi connectivity index (χ3n) is 1.99. The number of hydrogen-bond donors (Lipinski definition) is 2. The van der Waals surface area contributed by atoms with Crippen molar-refractivity contribution in [3.63, 3.8) is 0 Å². The number of carbonyl (C=O) groups excluding carboxylic acids is 1. The lowest BCUT2D eigenvalue weighted by Crippen LogP contribution is -2.35. The molecule has 0 rings (SSSR count). The van der Waals surface area contributed by atoms with E-state index in [1.54, 1.807) is 13.8 Å². The van der Waals surface area contributed by atoms with Gasteiger partial charge in [0.2, 0.25) is 5.91 Å². The lowest BCUT2D eigenvalue weighted by Gasteiger charge is -2.12. The molecule has 0 radical (unpaired) electrons. The zero-order valence-corrected chi connectivity index (χ0v) is 10.4. The van der Waals surface area contributed by atoms with Gasteiger partial charge in [-0.2, -0.15) is 0 Å². The van der Waals surface area contributed by atoms with Crippen LogP contribution in [0.4, 0.5) is 4.39 Å². The highest BCUT2D eigenvalue weighted by atomic mass is 19.1. The standard InChI is InChI=1S/C11H23FN2O2/c1-4-13-5-6-16-8-10(12)7-14-11(15)9(2)3/h9-10,13H,4-8H2,1-3H3,(H,14,15). The van der Waals surface area contributed by atoms with Gasteiger partial charge in [-0.3, -0.25) is 4.79 Å². The first-order chi connectivity index (χ1) is 7.57. The molecular formula is C11H23FN2O2. The van der Waals surface area contributed by atoms with E-state index in [4.69, 9.17) is 4.74 Å². The number of ether oxygens (including phenoxy) is 1. The van der Waals surface area contributed by atoms with Crippen LogP contribution < -0.4 is 10.6 Å². The van der Waals surface area contributed by atoms with Gasteiger partial charge in [0, 0.05) is 12.5 Å². The SMILES string of the molecule is CCNCCOCC(F)CNC(=O)C(C)C. The molecule has 1 atom stereocenters. The molecule has 0 aliphatic rings. The minimum atomic E-state index is -1.13. The van der Waals surface area contributed by atoms with Crippen LogP contribution in [0, 0.1) is 5.92 Å². The molecule has 0 saturated carbocycles. The average molecular weight is 234 g/mol. The lowest BCUT2D eigenvalue weighted by molar-refractivity contribution is -0.124. The topological polar surface area (TPSA) is 50.4 Å². The van der Waals surface area contributed by atoms with Crippen molar-refractivity contribution in [3.05, 3.63) is 0 Å². The number of nitrogens with one attached hydrogen (secondary N) is 2. The Labute approximate surface area is 96.9 Å². The molecule has 0 aliphatic heterocycles. The number of amides is 1. The minimum Gasteiger partial charge on any atom is -0.377 e. The second-order valence-corrected chi connectivity index (χ2v) is 3.93. The molecule has 0 heterocycles. The van der Waals surface area contributed by atoms with E-state index in [2.05, 4.69) is 10.6 Å². The summed E-state index contributed by atoms with van der Waals surface area (Å²) in [6.07, 6.45) is -1.13. The van der Waals surface area contributed by atoms with Gasteiger partial charge in [-0.05, 0) is 6.54 Å². The Hall–Kier alpha value is -0.680. The summed E-state index contributed by atoms with van der Waals surface area (Å²) in [7, 11) is 0. The maximum Gasteiger partial charge on any atom is 0.222 e. The maximum atomic E-state index is 13.2. The molecule has 4 nitrogen and oxygen atoms in total. The van der Waals surface area contributed by atoms with Gasteiger partial charge in [0.25, 0.3) is 0 Å². The molecule has 96 valence electrons. The predicted octanol–water partition coefficient (Wildman–Crippen LogP) is 0.723. The van der Waals surface area contributed by atoms with Crippen LogP contribution in [0.15, 0.2) is 0 Å². The number of halogens is 1. The van der Waals surface area contributed by atoms with Gasteiger partial charge >= 0.3 is 0 Å². The number of likely N-dealkylation sites (N-methyl/N-ethyl adjacent to an activating group) is 1. The summed E-state index contributed by atoms with van der Waals surface area (Å²) < 4.78 is 18.3. The first-order valence-electron chi connectivity index (χ1n) is 5.78. The van der Waals surface area contributed by atoms with Crippen molar-refractivity contribution >= 4 is 5.91 Å². The Morgan fingerprint density at radius 3 is 2.69 bits per heavy atom. The smallest absolute Gasteiger partial charge is 0.222 e. The molecule has 0 aromatic rings. The number of hydrogen-bond acceptors (Lipinski definition) is 3. The minimum absolute atomic E-state index is 0.0260. The largest absolute Gasteiger partial charge is 0.377 e. The highest BCUT2D eigenvalue weighted by molar-refractivity contribution is 5.77. The van der Waals surface area contributed by atoms with Crippen LogP contribution in [0.1, 0.15) is 20.8 Å². The third kappa shape index (κ3) is 8.61. The Morgan fingerprint density at radius 1 is 1.44 bits per heavy atom. The molecule has 0 aromatic heterocycles. The molecule has 5 heteroatoms. The molecular weight excluding hydrogens is 211 g/mol. The van der Waals surface area contributed by atoms with Crippen molar-refractivity contribution in [2.75, 3.05) is 32.8 Å². The molecule has 16 heavy (non-hydrogen) atoms. The fraction of sp³-hybridized carbons (Fsp3) is 0.909. The highest BCUT2D eigenvalue weighted by Gasteiger charge is 2.11. The van der Waals surface area contributed by atoms with Gasteiger partial charge in [0.05, 0.1) is 19.8 Å². The summed E-state index contributed by atoms with van der Waals surface area (Å²) in [6.45, 7) is 7.70. The average Bonchev–Trinajstić information content (AvgIpc) is 2.25. The summed E-state index contributed by atoms with van der Waals surface area (Å²) in [4.78, 5) is 11.1. The van der Waals surface area contributed by atoms with E-state index in [0.717, 1.165) is 13.1 Å². The fourth-order valence-electron chi connectivity index (χ4n) is 1.01. The van der Waals surface area contributed by atoms with E-state index in [9.17, 15) is 9.18 Å². The van der Waals surface area contributed by atoms with Gasteiger partial charge in [0.15, 0.2) is 0 Å². The Kier molecular flexibility index (Phi) is 9.13. The number of alkyl halides is 1. The van der Waals surface area contributed by atoms with E-state index in [-0.39, 0.29) is 25.0 Å². The van der Waals surface area contributed by atoms with Crippen molar-refractivity contribution in [3.8, 4) is 0 Å². The van der Waals surface area contributed by atoms with Crippen LogP contribution in [-0.4, -0.2) is 44.9 Å². The molecule has 1 unspecified atom stereocenters. The zero-order valence-electron chi connectivity index (χ0n) is 10.4. The first kappa shape index (κ1) is 15.3. The van der Waals surface area contributed by atoms with Crippen LogP contribution in [-0.2, 0) is 9.53 Å². The Bertz CT molecular complexity index is 189.